The summed E-state index contributed by atoms with van der Waals surface area (Å²) >= 11 is 0. The van der Waals surface area contributed by atoms with Crippen molar-refractivity contribution in [1.29, 1.82) is 0 Å². The first-order valence-electron chi connectivity index (χ1n) is 9.06. The minimum Gasteiger partial charge on any atom is -0.351 e. The smallest absolute Gasteiger partial charge is 0.236 e. The van der Waals surface area contributed by atoms with Crippen molar-refractivity contribution in [3.05, 3.63) is 59.7 Å². The molecule has 0 aliphatic carbocycles. The first-order chi connectivity index (χ1) is 12.1. The second kappa shape index (κ2) is 8.28. The summed E-state index contributed by atoms with van der Waals surface area (Å²) in [5.41, 5.74) is 10.4. The number of hydrogen-bond acceptors (Lipinski definition) is 3. The summed E-state index contributed by atoms with van der Waals surface area (Å²) in [4.78, 5) is 14.2. The average molecular weight is 337 g/mol. The van der Waals surface area contributed by atoms with Gasteiger partial charge >= 0.3 is 0 Å². The van der Waals surface area contributed by atoms with Gasteiger partial charge < -0.3 is 11.1 Å². The van der Waals surface area contributed by atoms with Gasteiger partial charge in [-0.15, -0.1) is 0 Å². The number of nitrogens with one attached hydrogen (secondary N) is 1. The van der Waals surface area contributed by atoms with Crippen LogP contribution >= 0.6 is 0 Å². The molecule has 2 aromatic rings. The largest absolute Gasteiger partial charge is 0.351 e. The van der Waals surface area contributed by atoms with Crippen LogP contribution in [0.2, 0.25) is 0 Å². The first kappa shape index (κ1) is 17.6. The SMILES string of the molecule is CC(N)C(=O)NCc1ccccc1-c1ccc(CN2CCCC2)cc1. The molecule has 1 saturated heterocycles. The van der Waals surface area contributed by atoms with Crippen LogP contribution in [-0.2, 0) is 17.9 Å². The standard InChI is InChI=1S/C21H27N3O/c1-16(22)21(25)23-14-19-6-2-3-7-20(19)18-10-8-17(9-11-18)15-24-12-4-5-13-24/h2-3,6-11,16H,4-5,12-15,22H2,1H3,(H,23,25). The number of nitrogens with two attached hydrogens (primary N) is 1. The van der Waals surface area contributed by atoms with Crippen molar-refractivity contribution in [2.45, 2.75) is 38.9 Å². The van der Waals surface area contributed by atoms with E-state index in [0.29, 0.717) is 6.54 Å². The van der Waals surface area contributed by atoms with E-state index in [1.54, 1.807) is 6.92 Å². The lowest BCUT2D eigenvalue weighted by Gasteiger charge is -2.15. The van der Waals surface area contributed by atoms with E-state index in [1.807, 2.05) is 12.1 Å². The number of carbonyl (C=O) groups excluding carboxylic acids is 1. The Morgan fingerprint density at radius 3 is 2.48 bits per heavy atom. The molecule has 4 nitrogen and oxygen atoms in total. The molecule has 1 aliphatic heterocycles. The molecule has 0 radical (unpaired) electrons. The Labute approximate surface area is 150 Å². The molecule has 0 spiro atoms. The summed E-state index contributed by atoms with van der Waals surface area (Å²) in [6.45, 7) is 5.65. The second-order valence-electron chi connectivity index (χ2n) is 6.84. The third-order valence-corrected chi connectivity index (χ3v) is 4.75. The van der Waals surface area contributed by atoms with Crippen LogP contribution in [0.1, 0.15) is 30.9 Å². The summed E-state index contributed by atoms with van der Waals surface area (Å²) in [7, 11) is 0. The van der Waals surface area contributed by atoms with Gasteiger partial charge in [0.15, 0.2) is 0 Å². The van der Waals surface area contributed by atoms with Crippen LogP contribution in [0.15, 0.2) is 48.5 Å². The fraction of sp³-hybridized carbons (Fsp3) is 0.381. The van der Waals surface area contributed by atoms with Crippen LogP contribution in [0.4, 0.5) is 0 Å². The molecule has 3 rings (SSSR count). The zero-order chi connectivity index (χ0) is 17.6. The van der Waals surface area contributed by atoms with Gasteiger partial charge in [-0.3, -0.25) is 9.69 Å². The number of carbonyl (C=O) groups is 1. The van der Waals surface area contributed by atoms with Crippen molar-refractivity contribution < 1.29 is 4.79 Å². The predicted octanol–water partition coefficient (Wildman–Crippen LogP) is 2.91. The summed E-state index contributed by atoms with van der Waals surface area (Å²) in [5, 5.41) is 2.90. The normalized spacial score (nSPS) is 15.9. The highest BCUT2D eigenvalue weighted by molar-refractivity contribution is 5.81. The summed E-state index contributed by atoms with van der Waals surface area (Å²) in [5.74, 6) is -0.129. The van der Waals surface area contributed by atoms with E-state index >= 15 is 0 Å². The number of likely N-dealkylation sites (tertiary alicyclic amines) is 1. The highest BCUT2D eigenvalue weighted by Crippen LogP contribution is 2.24. The molecule has 1 amide bonds. The van der Waals surface area contributed by atoms with E-state index in [2.05, 4.69) is 46.6 Å². The van der Waals surface area contributed by atoms with E-state index in [4.69, 9.17) is 5.73 Å². The minimum absolute atomic E-state index is 0.129. The lowest BCUT2D eigenvalue weighted by atomic mass is 9.98. The molecule has 1 aliphatic rings. The Kier molecular flexibility index (Phi) is 5.84. The lowest BCUT2D eigenvalue weighted by Crippen LogP contribution is -2.37. The van der Waals surface area contributed by atoms with E-state index in [1.165, 1.54) is 37.1 Å². The maximum absolute atomic E-state index is 11.7. The zero-order valence-electron chi connectivity index (χ0n) is 14.9. The third-order valence-electron chi connectivity index (χ3n) is 4.75. The Morgan fingerprint density at radius 1 is 1.12 bits per heavy atom. The maximum atomic E-state index is 11.7. The molecule has 25 heavy (non-hydrogen) atoms. The number of amides is 1. The molecule has 0 saturated carbocycles. The van der Waals surface area contributed by atoms with Crippen molar-refractivity contribution in [2.75, 3.05) is 13.1 Å². The van der Waals surface area contributed by atoms with Gasteiger partial charge in [0.05, 0.1) is 6.04 Å². The van der Waals surface area contributed by atoms with Crippen LogP contribution in [-0.4, -0.2) is 29.9 Å². The first-order valence-corrected chi connectivity index (χ1v) is 9.06. The fourth-order valence-electron chi connectivity index (χ4n) is 3.29. The van der Waals surface area contributed by atoms with Gasteiger partial charge in [-0.1, -0.05) is 48.5 Å². The van der Waals surface area contributed by atoms with Crippen molar-refractivity contribution in [2.24, 2.45) is 5.73 Å². The highest BCUT2D eigenvalue weighted by atomic mass is 16.2. The number of benzene rings is 2. The molecular weight excluding hydrogens is 310 g/mol. The van der Waals surface area contributed by atoms with Crippen LogP contribution in [0, 0.1) is 0 Å². The van der Waals surface area contributed by atoms with Crippen LogP contribution in [0.25, 0.3) is 11.1 Å². The lowest BCUT2D eigenvalue weighted by molar-refractivity contribution is -0.122. The summed E-state index contributed by atoms with van der Waals surface area (Å²) in [6, 6.07) is 16.5. The average Bonchev–Trinajstić information content (AvgIpc) is 3.13. The van der Waals surface area contributed by atoms with Crippen LogP contribution in [0.5, 0.6) is 0 Å². The molecular formula is C21H27N3O. The molecule has 0 bridgehead atoms. The molecule has 0 aromatic heterocycles. The number of hydrogen-bond donors (Lipinski definition) is 2. The van der Waals surface area contributed by atoms with Crippen molar-refractivity contribution in [3.8, 4) is 11.1 Å². The van der Waals surface area contributed by atoms with Gasteiger partial charge in [-0.05, 0) is 55.1 Å². The molecule has 1 unspecified atom stereocenters. The summed E-state index contributed by atoms with van der Waals surface area (Å²) in [6.07, 6.45) is 2.64. The molecule has 1 heterocycles. The van der Waals surface area contributed by atoms with E-state index in [9.17, 15) is 4.79 Å². The van der Waals surface area contributed by atoms with Gasteiger partial charge in [-0.2, -0.15) is 0 Å². The summed E-state index contributed by atoms with van der Waals surface area (Å²) < 4.78 is 0. The highest BCUT2D eigenvalue weighted by Gasteiger charge is 2.12. The van der Waals surface area contributed by atoms with Gasteiger partial charge in [-0.25, -0.2) is 0 Å². The topological polar surface area (TPSA) is 58.4 Å². The number of nitrogens with zero attached hydrogens (tertiary/aromatic N) is 1. The minimum atomic E-state index is -0.489. The molecule has 1 fully saturated rings. The van der Waals surface area contributed by atoms with Gasteiger partial charge in [0.1, 0.15) is 0 Å². The maximum Gasteiger partial charge on any atom is 0.236 e. The van der Waals surface area contributed by atoms with Crippen molar-refractivity contribution in [1.82, 2.24) is 10.2 Å². The van der Waals surface area contributed by atoms with E-state index in [0.717, 1.165) is 17.7 Å². The molecule has 4 heteroatoms. The molecule has 132 valence electrons. The van der Waals surface area contributed by atoms with Gasteiger partial charge in [0, 0.05) is 13.1 Å². The molecule has 3 N–H and O–H groups in total. The number of rotatable bonds is 6. The molecule has 1 atom stereocenters. The van der Waals surface area contributed by atoms with Crippen molar-refractivity contribution in [3.63, 3.8) is 0 Å². The second-order valence-corrected chi connectivity index (χ2v) is 6.84. The van der Waals surface area contributed by atoms with Gasteiger partial charge in [0.2, 0.25) is 5.91 Å². The fourth-order valence-corrected chi connectivity index (χ4v) is 3.29. The van der Waals surface area contributed by atoms with E-state index in [-0.39, 0.29) is 5.91 Å². The van der Waals surface area contributed by atoms with Crippen LogP contribution in [0.3, 0.4) is 0 Å². The zero-order valence-corrected chi connectivity index (χ0v) is 14.9. The van der Waals surface area contributed by atoms with Gasteiger partial charge in [0.25, 0.3) is 0 Å². The van der Waals surface area contributed by atoms with E-state index < -0.39 is 6.04 Å². The predicted molar refractivity (Wildman–Crippen MR) is 102 cm³/mol. The van der Waals surface area contributed by atoms with Crippen molar-refractivity contribution >= 4 is 5.91 Å². The Bertz CT molecular complexity index is 703. The Balaban J connectivity index is 1.71. The quantitative estimate of drug-likeness (QED) is 0.852. The Morgan fingerprint density at radius 2 is 1.80 bits per heavy atom. The third kappa shape index (κ3) is 4.68. The monoisotopic (exact) mass is 337 g/mol. The van der Waals surface area contributed by atoms with Crippen LogP contribution < -0.4 is 11.1 Å². The Hall–Kier alpha value is -2.17. The molecule has 2 aromatic carbocycles.